The minimum atomic E-state index is 0.456. The van der Waals surface area contributed by atoms with Crippen LogP contribution in [0.1, 0.15) is 16.7 Å². The third-order valence-corrected chi connectivity index (χ3v) is 4.84. The van der Waals surface area contributed by atoms with E-state index in [-0.39, 0.29) is 0 Å². The van der Waals surface area contributed by atoms with E-state index in [4.69, 9.17) is 27.9 Å². The minimum Gasteiger partial charge on any atom is -0.489 e. The van der Waals surface area contributed by atoms with E-state index < -0.39 is 0 Å². The normalized spacial score (nSPS) is 10.7. The van der Waals surface area contributed by atoms with Gasteiger partial charge in [-0.1, -0.05) is 77.8 Å². The summed E-state index contributed by atoms with van der Waals surface area (Å²) in [5.41, 5.74) is 3.47. The van der Waals surface area contributed by atoms with Crippen molar-refractivity contribution in [3.05, 3.63) is 99.5 Å². The Morgan fingerprint density at radius 1 is 0.769 bits per heavy atom. The van der Waals surface area contributed by atoms with Gasteiger partial charge < -0.3 is 10.1 Å². The SMILES string of the molecule is Clc1ccc(COc2ccccc2CNCCc2ccccc2)cc1Cl. The van der Waals surface area contributed by atoms with Crippen LogP contribution in [0.2, 0.25) is 10.0 Å². The maximum Gasteiger partial charge on any atom is 0.124 e. The number of rotatable bonds is 8. The molecule has 0 radical (unpaired) electrons. The Morgan fingerprint density at radius 2 is 1.54 bits per heavy atom. The third-order valence-electron chi connectivity index (χ3n) is 4.10. The van der Waals surface area contributed by atoms with E-state index in [9.17, 15) is 0 Å². The highest BCUT2D eigenvalue weighted by Crippen LogP contribution is 2.24. The Morgan fingerprint density at radius 3 is 2.35 bits per heavy atom. The van der Waals surface area contributed by atoms with Crippen LogP contribution in [0.5, 0.6) is 5.75 Å². The number of nitrogens with one attached hydrogen (secondary N) is 1. The highest BCUT2D eigenvalue weighted by molar-refractivity contribution is 6.42. The zero-order valence-electron chi connectivity index (χ0n) is 14.4. The molecule has 0 aliphatic carbocycles. The molecule has 0 aromatic heterocycles. The Kier molecular flexibility index (Phi) is 6.96. The lowest BCUT2D eigenvalue weighted by Crippen LogP contribution is -2.17. The van der Waals surface area contributed by atoms with E-state index in [0.29, 0.717) is 16.7 Å². The van der Waals surface area contributed by atoms with Crippen molar-refractivity contribution in [1.29, 1.82) is 0 Å². The van der Waals surface area contributed by atoms with E-state index in [0.717, 1.165) is 36.4 Å². The number of halogens is 2. The highest BCUT2D eigenvalue weighted by atomic mass is 35.5. The molecule has 4 heteroatoms. The second-order valence-corrected chi connectivity index (χ2v) is 6.87. The number of hydrogen-bond donors (Lipinski definition) is 1. The highest BCUT2D eigenvalue weighted by Gasteiger charge is 2.05. The van der Waals surface area contributed by atoms with Gasteiger partial charge in [0.05, 0.1) is 10.0 Å². The first-order valence-corrected chi connectivity index (χ1v) is 9.37. The molecule has 1 N–H and O–H groups in total. The lowest BCUT2D eigenvalue weighted by atomic mass is 10.1. The predicted molar refractivity (Wildman–Crippen MR) is 109 cm³/mol. The smallest absolute Gasteiger partial charge is 0.124 e. The van der Waals surface area contributed by atoms with E-state index >= 15 is 0 Å². The summed E-state index contributed by atoms with van der Waals surface area (Å²) in [7, 11) is 0. The molecule has 26 heavy (non-hydrogen) atoms. The topological polar surface area (TPSA) is 21.3 Å². The van der Waals surface area contributed by atoms with Gasteiger partial charge in [-0.25, -0.2) is 0 Å². The zero-order valence-corrected chi connectivity index (χ0v) is 15.9. The number of para-hydroxylation sites is 1. The summed E-state index contributed by atoms with van der Waals surface area (Å²) in [6.45, 7) is 2.15. The van der Waals surface area contributed by atoms with Gasteiger partial charge in [-0.2, -0.15) is 0 Å². The first-order chi connectivity index (χ1) is 12.7. The summed E-state index contributed by atoms with van der Waals surface area (Å²) < 4.78 is 5.99. The standard InChI is InChI=1S/C22H21Cl2NO/c23-20-11-10-18(14-21(20)24)16-26-22-9-5-4-8-19(22)15-25-13-12-17-6-2-1-3-7-17/h1-11,14,25H,12-13,15-16H2. The maximum atomic E-state index is 6.06. The fraction of sp³-hybridized carbons (Fsp3) is 0.182. The monoisotopic (exact) mass is 385 g/mol. The average Bonchev–Trinajstić information content (AvgIpc) is 2.68. The molecule has 0 aliphatic rings. The largest absolute Gasteiger partial charge is 0.489 e. The Balaban J connectivity index is 1.53. The molecule has 0 amide bonds. The van der Waals surface area contributed by atoms with Gasteiger partial charge in [0.1, 0.15) is 12.4 Å². The fourth-order valence-electron chi connectivity index (χ4n) is 2.68. The van der Waals surface area contributed by atoms with Gasteiger partial charge in [0.15, 0.2) is 0 Å². The first kappa shape index (κ1) is 18.8. The summed E-state index contributed by atoms with van der Waals surface area (Å²) in [5, 5.41) is 4.59. The molecule has 3 rings (SSSR count). The van der Waals surface area contributed by atoms with Crippen LogP contribution in [0.25, 0.3) is 0 Å². The van der Waals surface area contributed by atoms with Crippen molar-refractivity contribution in [1.82, 2.24) is 5.32 Å². The fourth-order valence-corrected chi connectivity index (χ4v) is 3.00. The van der Waals surface area contributed by atoms with Crippen molar-refractivity contribution in [3.63, 3.8) is 0 Å². The Bertz CT molecular complexity index is 837. The van der Waals surface area contributed by atoms with Gasteiger partial charge in [0.2, 0.25) is 0 Å². The van der Waals surface area contributed by atoms with Gasteiger partial charge in [-0.15, -0.1) is 0 Å². The van der Waals surface area contributed by atoms with Crippen molar-refractivity contribution in [3.8, 4) is 5.75 Å². The molecular weight excluding hydrogens is 365 g/mol. The maximum absolute atomic E-state index is 6.06. The second kappa shape index (κ2) is 9.63. The number of benzene rings is 3. The molecule has 0 unspecified atom stereocenters. The molecule has 0 atom stereocenters. The van der Waals surface area contributed by atoms with Crippen molar-refractivity contribution >= 4 is 23.2 Å². The predicted octanol–water partition coefficient (Wildman–Crippen LogP) is 5.90. The first-order valence-electron chi connectivity index (χ1n) is 8.61. The van der Waals surface area contributed by atoms with Crippen LogP contribution in [-0.4, -0.2) is 6.54 Å². The van der Waals surface area contributed by atoms with E-state index in [1.54, 1.807) is 6.07 Å². The van der Waals surface area contributed by atoms with E-state index in [1.165, 1.54) is 5.56 Å². The van der Waals surface area contributed by atoms with E-state index in [1.807, 2.05) is 36.4 Å². The summed E-state index contributed by atoms with van der Waals surface area (Å²) in [6, 6.07) is 24.1. The zero-order chi connectivity index (χ0) is 18.2. The van der Waals surface area contributed by atoms with Crippen LogP contribution < -0.4 is 10.1 Å². The van der Waals surface area contributed by atoms with Crippen LogP contribution in [0.4, 0.5) is 0 Å². The van der Waals surface area contributed by atoms with Crippen LogP contribution >= 0.6 is 23.2 Å². The number of hydrogen-bond acceptors (Lipinski definition) is 2. The summed E-state index contributed by atoms with van der Waals surface area (Å²) in [4.78, 5) is 0. The quantitative estimate of drug-likeness (QED) is 0.487. The Hall–Kier alpha value is -2.00. The van der Waals surface area contributed by atoms with Gasteiger partial charge in [0, 0.05) is 12.1 Å². The molecule has 0 fully saturated rings. The van der Waals surface area contributed by atoms with Crippen LogP contribution in [-0.2, 0) is 19.6 Å². The average molecular weight is 386 g/mol. The van der Waals surface area contributed by atoms with Crippen molar-refractivity contribution in [2.45, 2.75) is 19.6 Å². The molecule has 134 valence electrons. The number of ether oxygens (including phenoxy) is 1. The van der Waals surface area contributed by atoms with Crippen LogP contribution in [0.15, 0.2) is 72.8 Å². The summed E-state index contributed by atoms with van der Waals surface area (Å²) >= 11 is 12.0. The van der Waals surface area contributed by atoms with Crippen LogP contribution in [0, 0.1) is 0 Å². The van der Waals surface area contributed by atoms with Crippen molar-refractivity contribution in [2.75, 3.05) is 6.54 Å². The molecule has 0 spiro atoms. The molecule has 3 aromatic carbocycles. The van der Waals surface area contributed by atoms with Crippen molar-refractivity contribution in [2.24, 2.45) is 0 Å². The second-order valence-electron chi connectivity index (χ2n) is 6.06. The molecule has 0 saturated carbocycles. The van der Waals surface area contributed by atoms with Crippen molar-refractivity contribution < 1.29 is 4.74 Å². The lowest BCUT2D eigenvalue weighted by molar-refractivity contribution is 0.302. The molecule has 2 nitrogen and oxygen atoms in total. The molecule has 0 aliphatic heterocycles. The molecule has 3 aromatic rings. The molecule has 0 bridgehead atoms. The summed E-state index contributed by atoms with van der Waals surface area (Å²) in [5.74, 6) is 0.880. The lowest BCUT2D eigenvalue weighted by Gasteiger charge is -2.13. The van der Waals surface area contributed by atoms with Gasteiger partial charge in [0.25, 0.3) is 0 Å². The van der Waals surface area contributed by atoms with Crippen LogP contribution in [0.3, 0.4) is 0 Å². The van der Waals surface area contributed by atoms with Gasteiger partial charge in [-0.3, -0.25) is 0 Å². The molecule has 0 saturated heterocycles. The Labute approximate surface area is 164 Å². The summed E-state index contributed by atoms with van der Waals surface area (Å²) in [6.07, 6.45) is 1.01. The van der Waals surface area contributed by atoms with Gasteiger partial charge >= 0.3 is 0 Å². The minimum absolute atomic E-state index is 0.456. The third kappa shape index (κ3) is 5.50. The molecule has 0 heterocycles. The van der Waals surface area contributed by atoms with E-state index in [2.05, 4.69) is 35.6 Å². The van der Waals surface area contributed by atoms with Gasteiger partial charge in [-0.05, 0) is 42.3 Å². The molecular formula is C22H21Cl2NO.